The van der Waals surface area contributed by atoms with Crippen molar-refractivity contribution in [3.8, 4) is 0 Å². The van der Waals surface area contributed by atoms with E-state index in [9.17, 15) is 0 Å². The van der Waals surface area contributed by atoms with Gasteiger partial charge < -0.3 is 49.6 Å². The average Bonchev–Trinajstić information content (AvgIpc) is 2.65. The van der Waals surface area contributed by atoms with Crippen LogP contribution in [0.5, 0.6) is 0 Å². The molecule has 0 aliphatic rings. The van der Waals surface area contributed by atoms with Gasteiger partial charge in [0.15, 0.2) is 0 Å². The molecule has 0 amide bonds. The summed E-state index contributed by atoms with van der Waals surface area (Å²) in [6.07, 6.45) is 15.8. The van der Waals surface area contributed by atoms with E-state index in [1.807, 2.05) is 60.8 Å². The molecule has 0 rings (SSSR count). The van der Waals surface area contributed by atoms with Crippen LogP contribution in [0.1, 0.15) is 115 Å². The smallest absolute Gasteiger partial charge is 0.542 e. The summed E-state index contributed by atoms with van der Waals surface area (Å²) in [6.45, 7) is 31.8. The maximum Gasteiger partial charge on any atom is 4.00 e. The molecule has 0 aromatic carbocycles. The molecule has 29 heavy (non-hydrogen) atoms. The Balaban J connectivity index is -0.0000000177. The summed E-state index contributed by atoms with van der Waals surface area (Å²) in [5.41, 5.74) is 0. The van der Waals surface area contributed by atoms with Crippen molar-refractivity contribution in [2.75, 3.05) is 0 Å². The van der Waals surface area contributed by atoms with Gasteiger partial charge in [-0.15, -0.1) is 0 Å². The number of hydrogen-bond acceptors (Lipinski definition) is 2. The van der Waals surface area contributed by atoms with Gasteiger partial charge in [-0.2, -0.15) is 74.7 Å². The molecule has 0 N–H and O–H groups in total. The van der Waals surface area contributed by atoms with Crippen LogP contribution in [-0.4, -0.2) is 12.6 Å². The van der Waals surface area contributed by atoms with E-state index in [0.29, 0.717) is 0 Å². The Morgan fingerprint density at radius 2 is 0.586 bits per heavy atom. The predicted molar refractivity (Wildman–Crippen MR) is 130 cm³/mol. The maximum atomic E-state index is 8.68. The minimum atomic E-state index is 0. The minimum absolute atomic E-state index is 0. The molecule has 0 saturated heterocycles. The number of hydrogen-bond donors (Lipinski definition) is 0. The average molecular weight is 482 g/mol. The van der Waals surface area contributed by atoms with Crippen LogP contribution < -0.4 is 0 Å². The van der Waals surface area contributed by atoms with Crippen LogP contribution >= 0.6 is 0 Å². The Morgan fingerprint density at radius 3 is 0.586 bits per heavy atom. The Kier molecular flexibility index (Phi) is 348. The normalized spacial score (nSPS) is 5.86. The molecule has 0 aliphatic heterocycles. The Bertz CT molecular complexity index is 108. The van der Waals surface area contributed by atoms with Crippen LogP contribution in [0.3, 0.4) is 0 Å². The summed E-state index contributed by atoms with van der Waals surface area (Å²) in [7, 11) is 0. The Hall–Kier alpha value is 0.769. The maximum absolute atomic E-state index is 8.68. The number of unbranched alkanes of at least 4 members (excludes halogenated alkanes) is 3. The van der Waals surface area contributed by atoms with Crippen LogP contribution in [0.25, 0.3) is 0 Å². The van der Waals surface area contributed by atoms with E-state index in [2.05, 4.69) is 41.5 Å². The van der Waals surface area contributed by atoms with Gasteiger partial charge in [-0.3, -0.25) is 12.6 Å². The monoisotopic (exact) mass is 482 g/mol. The van der Waals surface area contributed by atoms with E-state index in [1.165, 1.54) is 45.7 Å². The van der Waals surface area contributed by atoms with Crippen molar-refractivity contribution in [2.24, 2.45) is 0 Å². The van der Waals surface area contributed by atoms with Gasteiger partial charge in [-0.25, -0.2) is 0 Å². The number of rotatable bonds is 3. The summed E-state index contributed by atoms with van der Waals surface area (Å²) in [5.74, 6) is 0. The van der Waals surface area contributed by atoms with Crippen molar-refractivity contribution < 1.29 is 53.0 Å². The third-order valence-corrected chi connectivity index (χ3v) is 1.06. The first-order chi connectivity index (χ1) is 12.8. The van der Waals surface area contributed by atoms with Crippen molar-refractivity contribution in [1.82, 2.24) is 0 Å². The van der Waals surface area contributed by atoms with Gasteiger partial charge in [0, 0.05) is 0 Å². The first-order valence-corrected chi connectivity index (χ1v) is 9.99. The second-order valence-electron chi connectivity index (χ2n) is 4.70. The molecule has 0 spiro atoms. The zero-order valence-corrected chi connectivity index (χ0v) is 25.0. The first-order valence-electron chi connectivity index (χ1n) is 9.99. The van der Waals surface area contributed by atoms with Gasteiger partial charge in [0.2, 0.25) is 0 Å². The summed E-state index contributed by atoms with van der Waals surface area (Å²) in [4.78, 5) is 17.4. The molecule has 0 unspecified atom stereocenters. The molecule has 0 atom stereocenters. The quantitative estimate of drug-likeness (QED) is 0.298. The third-order valence-electron chi connectivity index (χ3n) is 1.06. The van der Waals surface area contributed by atoms with E-state index in [-0.39, 0.29) is 43.4 Å². The zero-order chi connectivity index (χ0) is 23.8. The van der Waals surface area contributed by atoms with Gasteiger partial charge in [-0.1, -0.05) is 40.0 Å². The largest absolute Gasteiger partial charge is 4.00 e. The fourth-order valence-corrected chi connectivity index (χ4v) is 0. The fourth-order valence-electron chi connectivity index (χ4n) is 0. The molecule has 0 saturated carbocycles. The van der Waals surface area contributed by atoms with Gasteiger partial charge in [0.05, 0.1) is 0 Å². The summed E-state index contributed by atoms with van der Waals surface area (Å²) in [5, 5.41) is 0. The van der Waals surface area contributed by atoms with E-state index in [4.69, 9.17) is 9.59 Å². The molecule has 0 heterocycles. The minimum Gasteiger partial charge on any atom is -0.542 e. The molecular formula is C25H54O2Ti2. The molecule has 0 aromatic heterocycles. The summed E-state index contributed by atoms with van der Waals surface area (Å²) < 4.78 is 0. The molecule has 2 nitrogen and oxygen atoms in total. The topological polar surface area (TPSA) is 34.1 Å². The molecule has 0 aliphatic carbocycles. The van der Waals surface area contributed by atoms with Gasteiger partial charge in [0.25, 0.3) is 0 Å². The molecule has 0 radical (unpaired) electrons. The number of carbonyl (C=O) groups excluding carboxylic acids is 2. The second kappa shape index (κ2) is 160. The van der Waals surface area contributed by atoms with Crippen LogP contribution in [0, 0.1) is 40.0 Å². The molecule has 4 heteroatoms. The van der Waals surface area contributed by atoms with Crippen molar-refractivity contribution in [3.63, 3.8) is 0 Å². The van der Waals surface area contributed by atoms with Gasteiger partial charge in [0.1, 0.15) is 0 Å². The standard InChI is InChI=1S/3C4H9.3C3H7.2C2H3O.2Ti/c3*1-3-4-2;3*1-3-2;2*1-2-3;;/h3*1,3-4H2,2H3;3*3H,1-2H3;2*1H3;;/q8*-1;2*+4. The van der Waals surface area contributed by atoms with Crippen LogP contribution in [0.4, 0.5) is 0 Å². The Labute approximate surface area is 219 Å². The molecule has 0 bridgehead atoms. The van der Waals surface area contributed by atoms with E-state index in [1.54, 1.807) is 0 Å². The van der Waals surface area contributed by atoms with Crippen molar-refractivity contribution in [2.45, 2.75) is 115 Å². The van der Waals surface area contributed by atoms with Crippen molar-refractivity contribution >= 4 is 12.6 Å². The van der Waals surface area contributed by atoms with Gasteiger partial charge in [-0.05, 0) is 0 Å². The summed E-state index contributed by atoms with van der Waals surface area (Å²) in [6, 6.07) is 0. The third kappa shape index (κ3) is 1450. The Morgan fingerprint density at radius 1 is 0.552 bits per heavy atom. The fraction of sp³-hybridized carbons (Fsp3) is 0.680. The second-order valence-corrected chi connectivity index (χ2v) is 4.70. The van der Waals surface area contributed by atoms with E-state index in [0.717, 1.165) is 19.3 Å². The van der Waals surface area contributed by atoms with Crippen LogP contribution in [0.2, 0.25) is 0 Å². The SMILES string of the molecule is C[C-]=O.C[C-]=O.C[CH-]C.C[CH-]C.C[CH-]C.[CH2-]CCC.[CH2-]CCC.[CH2-]CCC.[Ti+4].[Ti+4]. The van der Waals surface area contributed by atoms with E-state index >= 15 is 0 Å². The van der Waals surface area contributed by atoms with E-state index < -0.39 is 0 Å². The van der Waals surface area contributed by atoms with Crippen LogP contribution in [-0.2, 0) is 53.0 Å². The van der Waals surface area contributed by atoms with Crippen molar-refractivity contribution in [1.29, 1.82) is 0 Å². The molecule has 0 fully saturated rings. The zero-order valence-electron chi connectivity index (χ0n) is 21.9. The molecular weight excluding hydrogens is 428 g/mol. The predicted octanol–water partition coefficient (Wildman–Crippen LogP) is 8.78. The first kappa shape index (κ1) is 63.0. The van der Waals surface area contributed by atoms with Gasteiger partial charge >= 0.3 is 43.4 Å². The molecule has 0 aromatic rings. The summed E-state index contributed by atoms with van der Waals surface area (Å²) >= 11 is 0. The van der Waals surface area contributed by atoms with Crippen LogP contribution in [0.15, 0.2) is 0 Å². The molecule has 174 valence electrons. The van der Waals surface area contributed by atoms with Crippen molar-refractivity contribution in [3.05, 3.63) is 40.0 Å².